The topological polar surface area (TPSA) is 118 Å². The number of hydrogen-bond acceptors (Lipinski definition) is 6. The van der Waals surface area contributed by atoms with Crippen LogP contribution in [-0.4, -0.2) is 62.8 Å². The molecule has 0 spiro atoms. The van der Waals surface area contributed by atoms with Crippen LogP contribution in [0.15, 0.2) is 0 Å². The Balaban J connectivity index is 0. The number of carbonyl (C=O) groups excluding carboxylic acids is 1. The van der Waals surface area contributed by atoms with Crippen LogP contribution in [0.3, 0.4) is 0 Å². The van der Waals surface area contributed by atoms with Crippen molar-refractivity contribution in [1.29, 1.82) is 0 Å². The van der Waals surface area contributed by atoms with Crippen molar-refractivity contribution >= 4 is 6.29 Å². The zero-order chi connectivity index (χ0) is 23.7. The molecule has 4 atom stereocenters. The monoisotopic (exact) mass is 448 g/mol. The predicted molar refractivity (Wildman–Crippen MR) is 127 cm³/mol. The summed E-state index contributed by atoms with van der Waals surface area (Å²) in [6.07, 6.45) is 17.7. The number of hydrogen-bond donors (Lipinski definition) is 5. The Morgan fingerprint density at radius 2 is 0.968 bits per heavy atom. The smallest absolute Gasteiger partial charge is 0.151 e. The summed E-state index contributed by atoms with van der Waals surface area (Å²) < 4.78 is 0. The van der Waals surface area contributed by atoms with Gasteiger partial charge < -0.3 is 30.3 Å². The molecule has 0 aromatic heterocycles. The van der Waals surface area contributed by atoms with Gasteiger partial charge in [0.15, 0.2) is 6.29 Å². The van der Waals surface area contributed by atoms with E-state index in [1.54, 1.807) is 0 Å². The lowest BCUT2D eigenvalue weighted by molar-refractivity contribution is -0.127. The summed E-state index contributed by atoms with van der Waals surface area (Å²) in [7, 11) is 0. The second-order valence-electron chi connectivity index (χ2n) is 8.69. The Bertz CT molecular complexity index is 353. The molecule has 0 aromatic carbocycles. The molecule has 0 aliphatic rings. The van der Waals surface area contributed by atoms with Gasteiger partial charge in [0.1, 0.15) is 18.3 Å². The number of aliphatic hydroxyl groups excluding tert-OH is 5. The minimum atomic E-state index is -1.64. The van der Waals surface area contributed by atoms with E-state index in [4.69, 9.17) is 20.4 Å². The summed E-state index contributed by atoms with van der Waals surface area (Å²) in [5, 5.41) is 44.0. The van der Waals surface area contributed by atoms with E-state index in [1.165, 1.54) is 96.3 Å². The average molecular weight is 449 g/mol. The predicted octanol–water partition coefficient (Wildman–Crippen LogP) is 4.28. The van der Waals surface area contributed by atoms with Crippen LogP contribution in [0.2, 0.25) is 0 Å². The van der Waals surface area contributed by atoms with Crippen LogP contribution in [0.4, 0.5) is 0 Å². The Morgan fingerprint density at radius 3 is 1.29 bits per heavy atom. The van der Waals surface area contributed by atoms with E-state index in [1.807, 2.05) is 0 Å². The summed E-state index contributed by atoms with van der Waals surface area (Å²) in [5.74, 6) is 0. The van der Waals surface area contributed by atoms with Gasteiger partial charge in [-0.15, -0.1) is 0 Å². The van der Waals surface area contributed by atoms with Crippen LogP contribution < -0.4 is 0 Å². The van der Waals surface area contributed by atoms with Crippen LogP contribution >= 0.6 is 0 Å². The molecule has 0 bridgehead atoms. The maximum atomic E-state index is 9.95. The zero-order valence-electron chi connectivity index (χ0n) is 20.3. The Labute approximate surface area is 191 Å². The van der Waals surface area contributed by atoms with E-state index in [0.29, 0.717) is 0 Å². The summed E-state index contributed by atoms with van der Waals surface area (Å²) >= 11 is 0. The molecule has 6 nitrogen and oxygen atoms in total. The van der Waals surface area contributed by atoms with Crippen molar-refractivity contribution in [2.75, 3.05) is 6.61 Å². The molecule has 0 saturated heterocycles. The van der Waals surface area contributed by atoms with Crippen LogP contribution in [-0.2, 0) is 4.79 Å². The van der Waals surface area contributed by atoms with Gasteiger partial charge in [0.25, 0.3) is 0 Å². The highest BCUT2D eigenvalue weighted by Crippen LogP contribution is 2.14. The maximum absolute atomic E-state index is 9.95. The van der Waals surface area contributed by atoms with Gasteiger partial charge in [0.2, 0.25) is 0 Å². The number of aldehydes is 1. The number of aliphatic hydroxyl groups is 5. The third-order valence-electron chi connectivity index (χ3n) is 5.60. The van der Waals surface area contributed by atoms with Crippen molar-refractivity contribution in [2.45, 2.75) is 147 Å². The average Bonchev–Trinajstić information content (AvgIpc) is 2.79. The van der Waals surface area contributed by atoms with Crippen LogP contribution in [0.1, 0.15) is 123 Å². The Hall–Kier alpha value is -0.530. The largest absolute Gasteiger partial charge is 0.394 e. The summed E-state index contributed by atoms with van der Waals surface area (Å²) in [6.45, 7) is 3.84. The highest BCUT2D eigenvalue weighted by Gasteiger charge is 2.22. The molecule has 188 valence electrons. The van der Waals surface area contributed by atoms with E-state index >= 15 is 0 Å². The molecule has 0 heterocycles. The minimum absolute atomic E-state index is 0.0271. The quantitative estimate of drug-likeness (QED) is 0.132. The van der Waals surface area contributed by atoms with Crippen molar-refractivity contribution in [3.05, 3.63) is 0 Å². The minimum Gasteiger partial charge on any atom is -0.394 e. The third-order valence-corrected chi connectivity index (χ3v) is 5.60. The van der Waals surface area contributed by atoms with E-state index < -0.39 is 24.9 Å². The molecule has 4 unspecified atom stereocenters. The molecule has 0 aliphatic heterocycles. The van der Waals surface area contributed by atoms with E-state index in [0.717, 1.165) is 12.8 Å². The van der Waals surface area contributed by atoms with Crippen molar-refractivity contribution in [1.82, 2.24) is 0 Å². The summed E-state index contributed by atoms with van der Waals surface area (Å²) in [5.41, 5.74) is 0. The molecule has 0 amide bonds. The lowest BCUT2D eigenvalue weighted by Crippen LogP contribution is -2.40. The standard InChI is InChI=1S/C20H42O.C5H10O5/c1-3-5-7-9-11-12-13-15-17-19-20(21)18-16-14-10-8-6-4-2;6-1-3(8)5(10)4(9)2-7/h20-21H,3-19H2,1-2H3;1,3-5,7-10H,2H2. The first-order valence-electron chi connectivity index (χ1n) is 12.7. The first-order chi connectivity index (χ1) is 14.9. The lowest BCUT2D eigenvalue weighted by atomic mass is 10.0. The van der Waals surface area contributed by atoms with Gasteiger partial charge in [-0.3, -0.25) is 0 Å². The molecule has 31 heavy (non-hydrogen) atoms. The lowest BCUT2D eigenvalue weighted by Gasteiger charge is -2.16. The fraction of sp³-hybridized carbons (Fsp3) is 0.960. The molecule has 5 N–H and O–H groups in total. The second-order valence-corrected chi connectivity index (χ2v) is 8.69. The SMILES string of the molecule is CCCCCCCCCCCC(O)CCCCCCCC.O=CC(O)C(O)C(O)CO. The normalized spacial score (nSPS) is 14.9. The van der Waals surface area contributed by atoms with Crippen molar-refractivity contribution in [3.63, 3.8) is 0 Å². The molecule has 0 saturated carbocycles. The Morgan fingerprint density at radius 1 is 0.613 bits per heavy atom. The molecular formula is C25H52O6. The van der Waals surface area contributed by atoms with E-state index in [9.17, 15) is 9.90 Å². The van der Waals surface area contributed by atoms with Gasteiger partial charge >= 0.3 is 0 Å². The zero-order valence-corrected chi connectivity index (χ0v) is 20.3. The second kappa shape index (κ2) is 25.7. The maximum Gasteiger partial charge on any atom is 0.151 e. The van der Waals surface area contributed by atoms with E-state index in [-0.39, 0.29) is 12.4 Å². The fourth-order valence-corrected chi connectivity index (χ4v) is 3.41. The number of rotatable bonds is 21. The van der Waals surface area contributed by atoms with Gasteiger partial charge in [-0.25, -0.2) is 0 Å². The van der Waals surface area contributed by atoms with Gasteiger partial charge in [-0.1, -0.05) is 110 Å². The van der Waals surface area contributed by atoms with Crippen molar-refractivity contribution < 1.29 is 30.3 Å². The molecule has 0 aromatic rings. The highest BCUT2D eigenvalue weighted by molar-refractivity contribution is 5.56. The van der Waals surface area contributed by atoms with Crippen LogP contribution in [0.25, 0.3) is 0 Å². The molecule has 0 rings (SSSR count). The Kier molecular flexibility index (Phi) is 27.1. The third kappa shape index (κ3) is 24.0. The first-order valence-corrected chi connectivity index (χ1v) is 12.7. The van der Waals surface area contributed by atoms with Gasteiger partial charge in [0, 0.05) is 0 Å². The number of unbranched alkanes of at least 4 members (excludes halogenated alkanes) is 13. The fourth-order valence-electron chi connectivity index (χ4n) is 3.41. The molecule has 0 aliphatic carbocycles. The van der Waals surface area contributed by atoms with E-state index in [2.05, 4.69) is 13.8 Å². The van der Waals surface area contributed by atoms with Gasteiger partial charge in [-0.2, -0.15) is 0 Å². The van der Waals surface area contributed by atoms with Gasteiger partial charge in [0.05, 0.1) is 12.7 Å². The highest BCUT2D eigenvalue weighted by atomic mass is 16.4. The summed E-state index contributed by atoms with van der Waals surface area (Å²) in [6, 6.07) is 0. The molecule has 0 fully saturated rings. The van der Waals surface area contributed by atoms with Crippen LogP contribution in [0, 0.1) is 0 Å². The van der Waals surface area contributed by atoms with Gasteiger partial charge in [-0.05, 0) is 12.8 Å². The van der Waals surface area contributed by atoms with Crippen LogP contribution in [0.5, 0.6) is 0 Å². The molecule has 0 radical (unpaired) electrons. The van der Waals surface area contributed by atoms with Crippen molar-refractivity contribution in [3.8, 4) is 0 Å². The number of carbonyl (C=O) groups is 1. The molecule has 6 heteroatoms. The van der Waals surface area contributed by atoms with Crippen molar-refractivity contribution in [2.24, 2.45) is 0 Å². The molecular weight excluding hydrogens is 396 g/mol. The summed E-state index contributed by atoms with van der Waals surface area (Å²) in [4.78, 5) is 9.76. The first kappa shape index (κ1) is 32.6.